The molecule has 0 spiro atoms. The number of anilines is 1. The summed E-state index contributed by atoms with van der Waals surface area (Å²) in [7, 11) is -3.40. The van der Waals surface area contributed by atoms with E-state index in [2.05, 4.69) is 23.9 Å². The highest BCUT2D eigenvalue weighted by atomic mass is 32.2. The van der Waals surface area contributed by atoms with Gasteiger partial charge >= 0.3 is 0 Å². The predicted molar refractivity (Wildman–Crippen MR) is 79.8 cm³/mol. The Balaban J connectivity index is 2.71. The van der Waals surface area contributed by atoms with Crippen LogP contribution < -0.4 is 10.0 Å². The molecule has 0 saturated carbocycles. The molecule has 0 aliphatic heterocycles. The predicted octanol–water partition coefficient (Wildman–Crippen LogP) is 2.69. The Morgan fingerprint density at radius 1 is 1.11 bits per heavy atom. The Kier molecular flexibility index (Phi) is 5.82. The molecular weight excluding hydrogens is 260 g/mol. The minimum absolute atomic E-state index is 0.310. The number of sulfonamides is 1. The van der Waals surface area contributed by atoms with Crippen LogP contribution in [0.5, 0.6) is 0 Å². The number of benzene rings is 1. The standard InChI is InChI=1S/C14H24N2O2S/c1-5-15-13-6-8-14(9-7-13)19(17,18)16-10-12(4)11(2)3/h6-9,11-12,15-16H,5,10H2,1-4H3. The molecule has 108 valence electrons. The van der Waals surface area contributed by atoms with Crippen molar-refractivity contribution in [1.82, 2.24) is 4.72 Å². The fraction of sp³-hybridized carbons (Fsp3) is 0.571. The summed E-state index contributed by atoms with van der Waals surface area (Å²) < 4.78 is 26.9. The quantitative estimate of drug-likeness (QED) is 0.809. The maximum Gasteiger partial charge on any atom is 0.240 e. The van der Waals surface area contributed by atoms with E-state index in [1.54, 1.807) is 24.3 Å². The van der Waals surface area contributed by atoms with Crippen molar-refractivity contribution in [2.75, 3.05) is 18.4 Å². The number of hydrogen-bond acceptors (Lipinski definition) is 3. The van der Waals surface area contributed by atoms with Gasteiger partial charge in [-0.25, -0.2) is 13.1 Å². The van der Waals surface area contributed by atoms with E-state index in [4.69, 9.17) is 0 Å². The van der Waals surface area contributed by atoms with Crippen molar-refractivity contribution >= 4 is 15.7 Å². The van der Waals surface area contributed by atoms with Crippen LogP contribution in [0.3, 0.4) is 0 Å². The van der Waals surface area contributed by atoms with Crippen molar-refractivity contribution in [1.29, 1.82) is 0 Å². The molecule has 0 aliphatic rings. The third-order valence-corrected chi connectivity index (χ3v) is 4.72. The first-order chi connectivity index (χ1) is 8.86. The molecule has 1 atom stereocenters. The van der Waals surface area contributed by atoms with Crippen molar-refractivity contribution in [2.45, 2.75) is 32.6 Å². The zero-order valence-corrected chi connectivity index (χ0v) is 12.9. The van der Waals surface area contributed by atoms with Crippen molar-refractivity contribution in [3.05, 3.63) is 24.3 Å². The first-order valence-corrected chi connectivity index (χ1v) is 8.18. The zero-order valence-electron chi connectivity index (χ0n) is 12.1. The van der Waals surface area contributed by atoms with Crippen LogP contribution in [-0.2, 0) is 10.0 Å². The van der Waals surface area contributed by atoms with Crippen LogP contribution in [0.2, 0.25) is 0 Å². The van der Waals surface area contributed by atoms with Crippen LogP contribution in [-0.4, -0.2) is 21.5 Å². The highest BCUT2D eigenvalue weighted by molar-refractivity contribution is 7.89. The molecule has 4 nitrogen and oxygen atoms in total. The molecule has 0 bridgehead atoms. The second-order valence-corrected chi connectivity index (χ2v) is 6.89. The fourth-order valence-corrected chi connectivity index (χ4v) is 2.66. The van der Waals surface area contributed by atoms with Gasteiger partial charge in [0.15, 0.2) is 0 Å². The summed E-state index contributed by atoms with van der Waals surface area (Å²) in [5.41, 5.74) is 0.928. The van der Waals surface area contributed by atoms with Gasteiger partial charge in [0.1, 0.15) is 0 Å². The maximum absolute atomic E-state index is 12.1. The van der Waals surface area contributed by atoms with Gasteiger partial charge in [0.05, 0.1) is 4.90 Å². The molecule has 1 aromatic carbocycles. The van der Waals surface area contributed by atoms with Gasteiger partial charge in [-0.1, -0.05) is 20.8 Å². The largest absolute Gasteiger partial charge is 0.385 e. The van der Waals surface area contributed by atoms with Crippen molar-refractivity contribution in [3.8, 4) is 0 Å². The van der Waals surface area contributed by atoms with Crippen LogP contribution >= 0.6 is 0 Å². The molecule has 1 aromatic rings. The topological polar surface area (TPSA) is 58.2 Å². The number of rotatable bonds is 7. The molecule has 2 N–H and O–H groups in total. The Hall–Kier alpha value is -1.07. The summed E-state index contributed by atoms with van der Waals surface area (Å²) in [4.78, 5) is 0.310. The smallest absolute Gasteiger partial charge is 0.240 e. The molecule has 19 heavy (non-hydrogen) atoms. The van der Waals surface area contributed by atoms with E-state index in [-0.39, 0.29) is 0 Å². The lowest BCUT2D eigenvalue weighted by atomic mass is 9.99. The third kappa shape index (κ3) is 4.84. The molecule has 5 heteroatoms. The first-order valence-electron chi connectivity index (χ1n) is 6.70. The molecule has 1 rings (SSSR count). The van der Waals surface area contributed by atoms with Gasteiger partial charge in [-0.2, -0.15) is 0 Å². The van der Waals surface area contributed by atoms with E-state index in [0.717, 1.165) is 12.2 Å². The summed E-state index contributed by atoms with van der Waals surface area (Å²) in [5.74, 6) is 0.773. The molecular formula is C14H24N2O2S. The fourth-order valence-electron chi connectivity index (χ4n) is 1.52. The van der Waals surface area contributed by atoms with Crippen LogP contribution in [0.1, 0.15) is 27.7 Å². The number of hydrogen-bond donors (Lipinski definition) is 2. The molecule has 0 amide bonds. The molecule has 0 aliphatic carbocycles. The van der Waals surface area contributed by atoms with Gasteiger partial charge in [-0.3, -0.25) is 0 Å². The van der Waals surface area contributed by atoms with Gasteiger partial charge < -0.3 is 5.32 Å². The van der Waals surface area contributed by atoms with E-state index in [0.29, 0.717) is 23.3 Å². The van der Waals surface area contributed by atoms with E-state index >= 15 is 0 Å². The van der Waals surface area contributed by atoms with Crippen LogP contribution in [0.25, 0.3) is 0 Å². The van der Waals surface area contributed by atoms with Gasteiger partial charge in [0.25, 0.3) is 0 Å². The summed E-state index contributed by atoms with van der Waals surface area (Å²) in [6.45, 7) is 9.50. The van der Waals surface area contributed by atoms with Gasteiger partial charge in [-0.15, -0.1) is 0 Å². The Labute approximate surface area is 116 Å². The average Bonchev–Trinajstić information content (AvgIpc) is 2.37. The first kappa shape index (κ1) is 16.0. The van der Waals surface area contributed by atoms with Gasteiger partial charge in [0, 0.05) is 18.8 Å². The van der Waals surface area contributed by atoms with Gasteiger partial charge in [-0.05, 0) is 43.0 Å². The Bertz CT molecular complexity index is 481. The lowest BCUT2D eigenvalue weighted by molar-refractivity contribution is 0.414. The lowest BCUT2D eigenvalue weighted by Gasteiger charge is -2.16. The second-order valence-electron chi connectivity index (χ2n) is 5.13. The molecule has 0 aromatic heterocycles. The zero-order chi connectivity index (χ0) is 14.5. The molecule has 0 saturated heterocycles. The van der Waals surface area contributed by atoms with Crippen molar-refractivity contribution in [2.24, 2.45) is 11.8 Å². The second kappa shape index (κ2) is 6.91. The molecule has 0 heterocycles. The Morgan fingerprint density at radius 3 is 2.16 bits per heavy atom. The monoisotopic (exact) mass is 284 g/mol. The van der Waals surface area contributed by atoms with E-state index in [9.17, 15) is 8.42 Å². The normalized spacial score (nSPS) is 13.5. The Morgan fingerprint density at radius 2 is 1.68 bits per heavy atom. The summed E-state index contributed by atoms with van der Waals surface area (Å²) >= 11 is 0. The molecule has 0 fully saturated rings. The van der Waals surface area contributed by atoms with Crippen LogP contribution in [0.15, 0.2) is 29.2 Å². The highest BCUT2D eigenvalue weighted by Gasteiger charge is 2.16. The summed E-state index contributed by atoms with van der Waals surface area (Å²) in [6, 6.07) is 6.81. The minimum Gasteiger partial charge on any atom is -0.385 e. The number of nitrogens with one attached hydrogen (secondary N) is 2. The lowest BCUT2D eigenvalue weighted by Crippen LogP contribution is -2.30. The van der Waals surface area contributed by atoms with E-state index in [1.165, 1.54) is 0 Å². The van der Waals surface area contributed by atoms with Crippen molar-refractivity contribution in [3.63, 3.8) is 0 Å². The van der Waals surface area contributed by atoms with Crippen LogP contribution in [0.4, 0.5) is 5.69 Å². The van der Waals surface area contributed by atoms with E-state index < -0.39 is 10.0 Å². The molecule has 1 unspecified atom stereocenters. The van der Waals surface area contributed by atoms with Crippen molar-refractivity contribution < 1.29 is 8.42 Å². The SMILES string of the molecule is CCNc1ccc(S(=O)(=O)NCC(C)C(C)C)cc1. The summed E-state index contributed by atoms with van der Waals surface area (Å²) in [5, 5.41) is 3.14. The van der Waals surface area contributed by atoms with Gasteiger partial charge in [0.2, 0.25) is 10.0 Å². The average molecular weight is 284 g/mol. The maximum atomic E-state index is 12.1. The highest BCUT2D eigenvalue weighted by Crippen LogP contribution is 2.15. The van der Waals surface area contributed by atoms with Crippen LogP contribution in [0, 0.1) is 11.8 Å². The van der Waals surface area contributed by atoms with E-state index in [1.807, 2.05) is 13.8 Å². The summed E-state index contributed by atoms with van der Waals surface area (Å²) in [6.07, 6.45) is 0. The third-order valence-electron chi connectivity index (χ3n) is 3.28. The minimum atomic E-state index is -3.40. The molecule has 0 radical (unpaired) electrons.